The van der Waals surface area contributed by atoms with Crippen LogP contribution in [0.25, 0.3) is 0 Å². The number of thiazole rings is 1. The molecule has 6 nitrogen and oxygen atoms in total. The van der Waals surface area contributed by atoms with Crippen molar-refractivity contribution in [2.45, 2.75) is 5.75 Å². The van der Waals surface area contributed by atoms with Gasteiger partial charge in [-0.15, -0.1) is 11.3 Å². The SMILES string of the molecule is CNC(=C[N+](=O)[O-])NCCSCc1cncs1. The van der Waals surface area contributed by atoms with E-state index in [1.807, 2.05) is 11.7 Å². The van der Waals surface area contributed by atoms with Crippen molar-refractivity contribution in [3.63, 3.8) is 0 Å². The lowest BCUT2D eigenvalue weighted by molar-refractivity contribution is -0.404. The van der Waals surface area contributed by atoms with Gasteiger partial charge in [-0.25, -0.2) is 0 Å². The third-order valence-corrected chi connectivity index (χ3v) is 3.76. The van der Waals surface area contributed by atoms with E-state index in [2.05, 4.69) is 15.6 Å². The first kappa shape index (κ1) is 13.8. The molecule has 0 aromatic carbocycles. The summed E-state index contributed by atoms with van der Waals surface area (Å²) in [4.78, 5) is 15.0. The Bertz CT molecular complexity index is 367. The zero-order valence-corrected chi connectivity index (χ0v) is 11.0. The number of nitrogens with one attached hydrogen (secondary N) is 2. The minimum absolute atomic E-state index is 0.424. The Labute approximate surface area is 108 Å². The Morgan fingerprint density at radius 1 is 1.76 bits per heavy atom. The van der Waals surface area contributed by atoms with Gasteiger partial charge in [0.2, 0.25) is 0 Å². The summed E-state index contributed by atoms with van der Waals surface area (Å²) in [6.07, 6.45) is 2.78. The fourth-order valence-corrected chi connectivity index (χ4v) is 2.62. The molecule has 0 fully saturated rings. The topological polar surface area (TPSA) is 80.1 Å². The van der Waals surface area contributed by atoms with E-state index in [1.54, 1.807) is 30.1 Å². The summed E-state index contributed by atoms with van der Waals surface area (Å²) >= 11 is 3.40. The Hall–Kier alpha value is -1.28. The smallest absolute Gasteiger partial charge is 0.274 e. The standard InChI is InChI=1S/C9H14N4O2S2/c1-10-9(5-13(14)15)12-2-3-16-6-8-4-11-7-17-8/h4-5,7,10,12H,2-3,6H2,1H3. The molecule has 0 unspecified atom stereocenters. The molecule has 1 rings (SSSR count). The van der Waals surface area contributed by atoms with Crippen molar-refractivity contribution in [1.82, 2.24) is 15.6 Å². The highest BCUT2D eigenvalue weighted by molar-refractivity contribution is 7.98. The van der Waals surface area contributed by atoms with Crippen molar-refractivity contribution < 1.29 is 4.92 Å². The summed E-state index contributed by atoms with van der Waals surface area (Å²) in [6, 6.07) is 0. The number of rotatable bonds is 8. The molecule has 0 amide bonds. The lowest BCUT2D eigenvalue weighted by atomic mass is 10.6. The quantitative estimate of drug-likeness (QED) is 0.422. The molecule has 2 N–H and O–H groups in total. The Balaban J connectivity index is 2.13. The van der Waals surface area contributed by atoms with Gasteiger partial charge in [0.15, 0.2) is 5.82 Å². The summed E-state index contributed by atoms with van der Waals surface area (Å²) in [7, 11) is 1.65. The van der Waals surface area contributed by atoms with Crippen molar-refractivity contribution in [3.05, 3.63) is 38.7 Å². The molecule has 0 radical (unpaired) electrons. The monoisotopic (exact) mass is 274 g/mol. The minimum Gasteiger partial charge on any atom is -0.370 e. The van der Waals surface area contributed by atoms with Gasteiger partial charge in [0.1, 0.15) is 0 Å². The van der Waals surface area contributed by atoms with Gasteiger partial charge >= 0.3 is 0 Å². The molecular formula is C9H14N4O2S2. The number of hydrogen-bond donors (Lipinski definition) is 2. The fourth-order valence-electron chi connectivity index (χ4n) is 1.05. The molecule has 1 aromatic rings. The van der Waals surface area contributed by atoms with Crippen LogP contribution in [0, 0.1) is 10.1 Å². The van der Waals surface area contributed by atoms with Gasteiger partial charge in [0.25, 0.3) is 6.20 Å². The second kappa shape index (κ2) is 7.91. The van der Waals surface area contributed by atoms with E-state index in [-0.39, 0.29) is 0 Å². The van der Waals surface area contributed by atoms with Crippen LogP contribution in [0.5, 0.6) is 0 Å². The zero-order valence-electron chi connectivity index (χ0n) is 9.38. The average molecular weight is 274 g/mol. The molecule has 0 bridgehead atoms. The molecule has 0 spiro atoms. The molecule has 17 heavy (non-hydrogen) atoms. The molecular weight excluding hydrogens is 260 g/mol. The lowest BCUT2D eigenvalue weighted by Gasteiger charge is -2.06. The molecule has 0 aliphatic carbocycles. The number of hydrogen-bond acceptors (Lipinski definition) is 7. The molecule has 0 aliphatic rings. The van der Waals surface area contributed by atoms with Crippen LogP contribution < -0.4 is 10.6 Å². The first-order chi connectivity index (χ1) is 8.22. The summed E-state index contributed by atoms with van der Waals surface area (Å²) < 4.78 is 0. The van der Waals surface area contributed by atoms with Crippen LogP contribution in [0.1, 0.15) is 4.88 Å². The molecule has 0 atom stereocenters. The Morgan fingerprint density at radius 3 is 3.18 bits per heavy atom. The van der Waals surface area contributed by atoms with E-state index in [1.165, 1.54) is 4.88 Å². The predicted molar refractivity (Wildman–Crippen MR) is 70.4 cm³/mol. The van der Waals surface area contributed by atoms with E-state index in [0.717, 1.165) is 17.7 Å². The van der Waals surface area contributed by atoms with Crippen LogP contribution in [0.4, 0.5) is 0 Å². The highest BCUT2D eigenvalue weighted by Crippen LogP contribution is 2.14. The fraction of sp³-hybridized carbons (Fsp3) is 0.444. The molecule has 0 saturated carbocycles. The summed E-state index contributed by atoms with van der Waals surface area (Å²) in [5.74, 6) is 2.24. The summed E-state index contributed by atoms with van der Waals surface area (Å²) in [5, 5.41) is 15.9. The van der Waals surface area contributed by atoms with Gasteiger partial charge in [-0.05, 0) is 0 Å². The maximum Gasteiger partial charge on any atom is 0.274 e. The predicted octanol–water partition coefficient (Wildman–Crippen LogP) is 1.26. The molecule has 8 heteroatoms. The van der Waals surface area contributed by atoms with E-state index in [9.17, 15) is 10.1 Å². The highest BCUT2D eigenvalue weighted by atomic mass is 32.2. The van der Waals surface area contributed by atoms with Gasteiger partial charge in [-0.1, -0.05) is 0 Å². The largest absolute Gasteiger partial charge is 0.370 e. The van der Waals surface area contributed by atoms with Gasteiger partial charge in [-0.3, -0.25) is 15.1 Å². The second-order valence-corrected chi connectivity index (χ2v) is 5.10. The van der Waals surface area contributed by atoms with Crippen LogP contribution in [-0.2, 0) is 5.75 Å². The van der Waals surface area contributed by atoms with Crippen LogP contribution in [-0.4, -0.2) is 29.3 Å². The highest BCUT2D eigenvalue weighted by Gasteiger charge is 1.99. The first-order valence-corrected chi connectivity index (χ1v) is 6.98. The van der Waals surface area contributed by atoms with Crippen molar-refractivity contribution >= 4 is 23.1 Å². The van der Waals surface area contributed by atoms with Crippen LogP contribution >= 0.6 is 23.1 Å². The van der Waals surface area contributed by atoms with Crippen molar-refractivity contribution in [2.75, 3.05) is 19.3 Å². The van der Waals surface area contributed by atoms with Crippen molar-refractivity contribution in [3.8, 4) is 0 Å². The van der Waals surface area contributed by atoms with E-state index < -0.39 is 4.92 Å². The Morgan fingerprint density at radius 2 is 2.59 bits per heavy atom. The van der Waals surface area contributed by atoms with Crippen LogP contribution in [0.15, 0.2) is 23.7 Å². The molecule has 1 heterocycles. The second-order valence-electron chi connectivity index (χ2n) is 3.03. The maximum atomic E-state index is 10.3. The average Bonchev–Trinajstić information content (AvgIpc) is 2.79. The van der Waals surface area contributed by atoms with Crippen molar-refractivity contribution in [2.24, 2.45) is 0 Å². The minimum atomic E-state index is -0.483. The normalized spacial score (nSPS) is 11.2. The summed E-state index contributed by atoms with van der Waals surface area (Å²) in [6.45, 7) is 0.685. The van der Waals surface area contributed by atoms with Gasteiger partial charge < -0.3 is 10.6 Å². The van der Waals surface area contributed by atoms with Gasteiger partial charge in [-0.2, -0.15) is 11.8 Å². The number of nitrogens with zero attached hydrogens (tertiary/aromatic N) is 2. The molecule has 94 valence electrons. The van der Waals surface area contributed by atoms with E-state index >= 15 is 0 Å². The Kier molecular flexibility index (Phi) is 6.41. The molecule has 0 saturated heterocycles. The van der Waals surface area contributed by atoms with E-state index in [0.29, 0.717) is 12.4 Å². The van der Waals surface area contributed by atoms with Gasteiger partial charge in [0.05, 0.1) is 10.4 Å². The lowest BCUT2D eigenvalue weighted by Crippen LogP contribution is -2.26. The number of thioether (sulfide) groups is 1. The van der Waals surface area contributed by atoms with Gasteiger partial charge in [0, 0.05) is 36.2 Å². The zero-order chi connectivity index (χ0) is 12.5. The van der Waals surface area contributed by atoms with E-state index in [4.69, 9.17) is 0 Å². The third-order valence-electron chi connectivity index (χ3n) is 1.79. The van der Waals surface area contributed by atoms with Crippen LogP contribution in [0.2, 0.25) is 0 Å². The van der Waals surface area contributed by atoms with Crippen LogP contribution in [0.3, 0.4) is 0 Å². The third kappa shape index (κ3) is 6.12. The molecule has 1 aromatic heterocycles. The van der Waals surface area contributed by atoms with Crippen molar-refractivity contribution in [1.29, 1.82) is 0 Å². The maximum absolute atomic E-state index is 10.3. The first-order valence-electron chi connectivity index (χ1n) is 4.94. The summed E-state index contributed by atoms with van der Waals surface area (Å²) in [5.41, 5.74) is 1.81. The molecule has 0 aliphatic heterocycles. The number of aromatic nitrogens is 1. The number of nitro groups is 1.